The van der Waals surface area contributed by atoms with Crippen LogP contribution in [0.15, 0.2) is 358 Å². The number of hydrogen-bond donors (Lipinski definition) is 0. The molecule has 7 nitrogen and oxygen atoms in total. The van der Waals surface area contributed by atoms with Crippen LogP contribution in [0.5, 0.6) is 0 Å². The van der Waals surface area contributed by atoms with Crippen LogP contribution >= 0.6 is 0 Å². The van der Waals surface area contributed by atoms with Crippen molar-refractivity contribution in [2.45, 2.75) is 0 Å². The smallest absolute Gasteiger partial charge is 0.162 e. The highest BCUT2D eigenvalue weighted by atomic mass is 15.1. The molecule has 0 aliphatic heterocycles. The summed E-state index contributed by atoms with van der Waals surface area (Å²) >= 11 is 0. The first-order chi connectivity index (χ1) is 50.1. The van der Waals surface area contributed by atoms with Gasteiger partial charge in [0.15, 0.2) is 5.82 Å². The second-order valence-corrected chi connectivity index (χ2v) is 26.5. The number of aromatic nitrogens is 7. The molecule has 6 heterocycles. The Bertz CT molecular complexity index is 6890. The van der Waals surface area contributed by atoms with Crippen LogP contribution in [-0.2, 0) is 0 Å². The zero-order valence-electron chi connectivity index (χ0n) is 54.7. The van der Waals surface area contributed by atoms with E-state index in [-0.39, 0.29) is 0 Å². The van der Waals surface area contributed by atoms with Crippen molar-refractivity contribution in [1.82, 2.24) is 32.8 Å². The molecule has 6 aromatic heterocycles. The number of nitrogens with zero attached hydrogens (tertiary/aromatic N) is 7. The Morgan fingerprint density at radius 2 is 0.465 bits per heavy atom. The molecule has 0 bridgehead atoms. The van der Waals surface area contributed by atoms with E-state index >= 15 is 0 Å². The summed E-state index contributed by atoms with van der Waals surface area (Å²) in [4.78, 5) is 11.4. The fraction of sp³-hybridized carbons (Fsp3) is 0. The van der Waals surface area contributed by atoms with Gasteiger partial charge in [0.05, 0.1) is 60.7 Å². The third kappa shape index (κ3) is 8.87. The van der Waals surface area contributed by atoms with Gasteiger partial charge in [-0.15, -0.1) is 0 Å². The van der Waals surface area contributed by atoms with Gasteiger partial charge in [0.25, 0.3) is 0 Å². The van der Waals surface area contributed by atoms with Crippen molar-refractivity contribution in [2.24, 2.45) is 0 Å². The number of benzene rings is 15. The Labute approximate surface area is 580 Å². The van der Waals surface area contributed by atoms with Crippen LogP contribution in [0, 0.1) is 0 Å². The molecule has 0 fully saturated rings. The van der Waals surface area contributed by atoms with E-state index in [0.29, 0.717) is 5.82 Å². The van der Waals surface area contributed by atoms with E-state index in [1.165, 1.54) is 87.4 Å². The molecule has 101 heavy (non-hydrogen) atoms. The van der Waals surface area contributed by atoms with Gasteiger partial charge >= 0.3 is 0 Å². The van der Waals surface area contributed by atoms with Crippen molar-refractivity contribution in [1.29, 1.82) is 0 Å². The topological polar surface area (TPSA) is 50.4 Å². The molecule has 0 saturated heterocycles. The highest BCUT2D eigenvalue weighted by Gasteiger charge is 2.25. The highest BCUT2D eigenvalue weighted by molar-refractivity contribution is 6.17. The summed E-state index contributed by atoms with van der Waals surface area (Å²) < 4.78 is 11.9. The van der Waals surface area contributed by atoms with E-state index in [0.717, 1.165) is 100 Å². The fourth-order valence-corrected chi connectivity index (χ4v) is 16.3. The Hall–Kier alpha value is -13.6. The second-order valence-electron chi connectivity index (χ2n) is 26.5. The van der Waals surface area contributed by atoms with Crippen molar-refractivity contribution in [3.63, 3.8) is 0 Å². The lowest BCUT2D eigenvalue weighted by atomic mass is 10.0. The average molecular weight is 1290 g/mol. The Morgan fingerprint density at radius 1 is 0.168 bits per heavy atom. The molecule has 0 aliphatic rings. The van der Waals surface area contributed by atoms with E-state index in [9.17, 15) is 0 Å². The van der Waals surface area contributed by atoms with Crippen molar-refractivity contribution in [3.05, 3.63) is 358 Å². The van der Waals surface area contributed by atoms with Gasteiger partial charge in [-0.05, 0) is 179 Å². The van der Waals surface area contributed by atoms with Crippen LogP contribution in [0.3, 0.4) is 0 Å². The summed E-state index contributed by atoms with van der Waals surface area (Å²) in [5.74, 6) is 0.639. The van der Waals surface area contributed by atoms with Gasteiger partial charge in [0, 0.05) is 88.0 Å². The zero-order valence-corrected chi connectivity index (χ0v) is 54.7. The van der Waals surface area contributed by atoms with E-state index in [2.05, 4.69) is 381 Å². The lowest BCUT2D eigenvalue weighted by molar-refractivity contribution is 1.11. The molecular weight excluding hydrogens is 1230 g/mol. The molecule has 0 saturated carbocycles. The van der Waals surface area contributed by atoms with E-state index in [4.69, 9.17) is 9.97 Å². The quantitative estimate of drug-likeness (QED) is 0.137. The number of fused-ring (bicyclic) bond motifs is 15. The van der Waals surface area contributed by atoms with E-state index in [1.807, 2.05) is 0 Å². The molecule has 0 aliphatic carbocycles. The van der Waals surface area contributed by atoms with Crippen LogP contribution in [0.25, 0.3) is 194 Å². The summed E-state index contributed by atoms with van der Waals surface area (Å²) in [6.45, 7) is 0. The minimum Gasteiger partial charge on any atom is -0.309 e. The van der Waals surface area contributed by atoms with Gasteiger partial charge in [-0.3, -0.25) is 4.57 Å². The SMILES string of the molecule is c1ccc(-c2ccc3c(c2)c2c(-c4ccc(-n5c6ccccc6c6cc(-c7ccc8c9ccccc9n(-c9ccccc9)c8c7)ccc65)cc4)nc(-c4ccc(-n5c6ccccc6c6cc(-c7ccc8c9ccccc9n(-c9ccccc9)c8c7)ccc65)cc4)nc2n3-c2ccccc2)cc1. The van der Waals surface area contributed by atoms with Crippen LogP contribution in [0.2, 0.25) is 0 Å². The summed E-state index contributed by atoms with van der Waals surface area (Å²) in [6.07, 6.45) is 0. The van der Waals surface area contributed by atoms with Crippen molar-refractivity contribution >= 4 is 109 Å². The Balaban J connectivity index is 0.693. The van der Waals surface area contributed by atoms with Crippen LogP contribution in [-0.4, -0.2) is 32.8 Å². The molecule has 21 aromatic rings. The van der Waals surface area contributed by atoms with Gasteiger partial charge in [-0.1, -0.05) is 212 Å². The van der Waals surface area contributed by atoms with Crippen LogP contribution < -0.4 is 0 Å². The minimum absolute atomic E-state index is 0.639. The Kier molecular flexibility index (Phi) is 12.6. The molecule has 0 N–H and O–H groups in total. The molecule has 7 heteroatoms. The number of hydrogen-bond acceptors (Lipinski definition) is 2. The van der Waals surface area contributed by atoms with Crippen molar-refractivity contribution in [3.8, 4) is 84.5 Å². The summed E-state index contributed by atoms with van der Waals surface area (Å²) in [6, 6.07) is 130. The molecule has 21 rings (SSSR count). The lowest BCUT2D eigenvalue weighted by Gasteiger charge is -2.13. The normalized spacial score (nSPS) is 12.0. The fourth-order valence-electron chi connectivity index (χ4n) is 16.3. The van der Waals surface area contributed by atoms with Gasteiger partial charge in [0.2, 0.25) is 0 Å². The first kappa shape index (κ1) is 56.5. The predicted octanol–water partition coefficient (Wildman–Crippen LogP) is 24.3. The monoisotopic (exact) mass is 1290 g/mol. The first-order valence-corrected chi connectivity index (χ1v) is 34.5. The molecular formula is C94H59N7. The number of para-hydroxylation sites is 7. The summed E-state index contributed by atoms with van der Waals surface area (Å²) in [5, 5.41) is 11.8. The molecule has 0 spiro atoms. The van der Waals surface area contributed by atoms with Crippen molar-refractivity contribution < 1.29 is 0 Å². The lowest BCUT2D eigenvalue weighted by Crippen LogP contribution is -2.00. The average Bonchev–Trinajstić information content (AvgIpc) is 1.58. The molecule has 0 radical (unpaired) electrons. The maximum atomic E-state index is 5.73. The summed E-state index contributed by atoms with van der Waals surface area (Å²) in [7, 11) is 0. The van der Waals surface area contributed by atoms with Gasteiger partial charge in [-0.25, -0.2) is 9.97 Å². The maximum Gasteiger partial charge on any atom is 0.162 e. The zero-order chi connectivity index (χ0) is 66.2. The molecule has 0 atom stereocenters. The molecule has 0 amide bonds. The Morgan fingerprint density at radius 3 is 0.921 bits per heavy atom. The standard InChI is InChI=1S/C94H59N7/c1-5-21-60(22-6-1)63-43-54-88-81(57-63)91-92(61-37-46-71(47-38-61)97-84-35-19-15-31-75(84)79-55-64(44-52-86(79)97)66-41-50-77-73-29-13-17-33-82(73)99(89(77)58-66)68-23-7-2-8-24-68)95-93(96-94(91)101(88)70-27-11-4-12-28-70)62-39-48-72(49-40-62)98-85-36-20-16-32-76(85)80-56-65(45-53-87(80)98)67-42-51-78-74-30-14-18-34-83(74)100(90(78)59-67)69-25-9-3-10-26-69/h1-59H. The third-order valence-corrected chi connectivity index (χ3v) is 20.9. The molecule has 15 aromatic carbocycles. The maximum absolute atomic E-state index is 5.73. The van der Waals surface area contributed by atoms with E-state index in [1.54, 1.807) is 0 Å². The summed E-state index contributed by atoms with van der Waals surface area (Å²) in [5.41, 5.74) is 26.4. The number of rotatable bonds is 10. The van der Waals surface area contributed by atoms with Crippen molar-refractivity contribution in [2.75, 3.05) is 0 Å². The first-order valence-electron chi connectivity index (χ1n) is 34.5. The molecule has 0 unspecified atom stereocenters. The largest absolute Gasteiger partial charge is 0.309 e. The second kappa shape index (κ2) is 22.5. The van der Waals surface area contributed by atoms with Crippen LogP contribution in [0.4, 0.5) is 0 Å². The van der Waals surface area contributed by atoms with Crippen LogP contribution in [0.1, 0.15) is 0 Å². The molecule has 470 valence electrons. The van der Waals surface area contributed by atoms with Gasteiger partial charge in [0.1, 0.15) is 5.65 Å². The minimum atomic E-state index is 0.639. The highest BCUT2D eigenvalue weighted by Crippen LogP contribution is 2.44. The predicted molar refractivity (Wildman–Crippen MR) is 421 cm³/mol. The van der Waals surface area contributed by atoms with E-state index < -0.39 is 0 Å². The van der Waals surface area contributed by atoms with Gasteiger partial charge < -0.3 is 18.3 Å². The third-order valence-electron chi connectivity index (χ3n) is 20.9. The van der Waals surface area contributed by atoms with Gasteiger partial charge in [-0.2, -0.15) is 0 Å².